The molecule has 0 spiro atoms. The maximum absolute atomic E-state index is 12.7. The first-order valence-electron chi connectivity index (χ1n) is 10.00. The standard InChI is InChI=1S/C22H26N4O4.ClH/c1-26(14-13-24(16-22(26)28)15-19-5-3-2-4-6-19)17-21(27)23-12-11-18-7-9-20(10-8-18)25(29)30;/h2-10H,11-17H2,1H3;1H. The van der Waals surface area contributed by atoms with Crippen LogP contribution in [0.2, 0.25) is 0 Å². The van der Waals surface area contributed by atoms with Gasteiger partial charge in [-0.1, -0.05) is 42.5 Å². The number of hydrogen-bond donors (Lipinski definition) is 1. The van der Waals surface area contributed by atoms with E-state index in [2.05, 4.69) is 10.2 Å². The van der Waals surface area contributed by atoms with Gasteiger partial charge in [-0.15, -0.1) is 0 Å². The lowest BCUT2D eigenvalue weighted by Gasteiger charge is -2.38. The highest BCUT2D eigenvalue weighted by molar-refractivity contribution is 5.81. The van der Waals surface area contributed by atoms with Gasteiger partial charge in [0.1, 0.15) is 6.54 Å². The van der Waals surface area contributed by atoms with E-state index in [4.69, 9.17) is 0 Å². The Bertz CT molecular complexity index is 907. The number of hydrogen-bond acceptors (Lipinski definition) is 5. The summed E-state index contributed by atoms with van der Waals surface area (Å²) in [5.41, 5.74) is 2.13. The average Bonchev–Trinajstić information content (AvgIpc) is 2.72. The maximum atomic E-state index is 12.7. The summed E-state index contributed by atoms with van der Waals surface area (Å²) in [4.78, 5) is 37.5. The second-order valence-corrected chi connectivity index (χ2v) is 7.89. The molecule has 0 bridgehead atoms. The first-order chi connectivity index (χ1) is 14.4. The van der Waals surface area contributed by atoms with Crippen LogP contribution in [-0.4, -0.2) is 65.9 Å². The van der Waals surface area contributed by atoms with Gasteiger partial charge in [-0.25, -0.2) is 4.79 Å². The van der Waals surface area contributed by atoms with Crippen LogP contribution in [0, 0.1) is 10.1 Å². The Labute approximate surface area is 188 Å². The van der Waals surface area contributed by atoms with Crippen LogP contribution in [0.4, 0.5) is 5.69 Å². The Morgan fingerprint density at radius 1 is 1.13 bits per heavy atom. The number of amides is 2. The molecule has 2 aromatic carbocycles. The lowest BCUT2D eigenvalue weighted by Crippen LogP contribution is -3.00. The molecule has 0 aliphatic carbocycles. The van der Waals surface area contributed by atoms with Gasteiger partial charge >= 0.3 is 5.91 Å². The summed E-state index contributed by atoms with van der Waals surface area (Å²) < 4.78 is 0.106. The molecule has 1 saturated heterocycles. The number of quaternary nitrogens is 1. The first kappa shape index (κ1) is 24.5. The molecule has 0 radical (unpaired) electrons. The summed E-state index contributed by atoms with van der Waals surface area (Å²) in [6.07, 6.45) is 0.576. The van der Waals surface area contributed by atoms with Crippen LogP contribution in [-0.2, 0) is 22.6 Å². The van der Waals surface area contributed by atoms with E-state index in [1.165, 1.54) is 17.7 Å². The fourth-order valence-corrected chi connectivity index (χ4v) is 3.58. The lowest BCUT2D eigenvalue weighted by molar-refractivity contribution is -0.830. The third kappa shape index (κ3) is 6.85. The molecule has 1 atom stereocenters. The van der Waals surface area contributed by atoms with Crippen LogP contribution >= 0.6 is 0 Å². The molecule has 2 aromatic rings. The van der Waals surface area contributed by atoms with Crippen molar-refractivity contribution in [1.82, 2.24) is 10.2 Å². The van der Waals surface area contributed by atoms with Crippen molar-refractivity contribution in [2.24, 2.45) is 0 Å². The lowest BCUT2D eigenvalue weighted by atomic mass is 10.1. The van der Waals surface area contributed by atoms with E-state index in [1.54, 1.807) is 12.1 Å². The molecule has 8 nitrogen and oxygen atoms in total. The van der Waals surface area contributed by atoms with Gasteiger partial charge in [0.15, 0.2) is 6.54 Å². The summed E-state index contributed by atoms with van der Waals surface area (Å²) in [5, 5.41) is 13.5. The molecule has 9 heteroatoms. The van der Waals surface area contributed by atoms with Crippen molar-refractivity contribution in [2.75, 3.05) is 39.8 Å². The van der Waals surface area contributed by atoms with Gasteiger partial charge in [0.25, 0.3) is 11.6 Å². The molecule has 1 unspecified atom stereocenters. The minimum atomic E-state index is -0.438. The number of nitro groups is 1. The van der Waals surface area contributed by atoms with E-state index in [0.29, 0.717) is 26.1 Å². The molecule has 1 heterocycles. The Kier molecular flexibility index (Phi) is 8.67. The van der Waals surface area contributed by atoms with Crippen molar-refractivity contribution in [2.45, 2.75) is 13.0 Å². The number of non-ortho nitro benzene ring substituents is 1. The normalized spacial score (nSPS) is 18.8. The van der Waals surface area contributed by atoms with Gasteiger partial charge in [0.05, 0.1) is 18.5 Å². The van der Waals surface area contributed by atoms with Crippen molar-refractivity contribution in [3.8, 4) is 0 Å². The van der Waals surface area contributed by atoms with E-state index < -0.39 is 4.92 Å². The number of benzene rings is 2. The van der Waals surface area contributed by atoms with Crippen molar-refractivity contribution >= 4 is 17.5 Å². The minimum absolute atomic E-state index is 0. The molecular weight excluding hydrogens is 420 g/mol. The van der Waals surface area contributed by atoms with Gasteiger partial charge in [0.2, 0.25) is 0 Å². The number of rotatable bonds is 8. The average molecular weight is 447 g/mol. The fraction of sp³-hybridized carbons (Fsp3) is 0.364. The van der Waals surface area contributed by atoms with E-state index in [0.717, 1.165) is 18.7 Å². The second-order valence-electron chi connectivity index (χ2n) is 7.89. The number of piperazine rings is 1. The predicted molar refractivity (Wildman–Crippen MR) is 112 cm³/mol. The molecule has 1 fully saturated rings. The Morgan fingerprint density at radius 3 is 2.42 bits per heavy atom. The zero-order valence-corrected chi connectivity index (χ0v) is 18.3. The van der Waals surface area contributed by atoms with Crippen molar-refractivity contribution < 1.29 is 31.4 Å². The van der Waals surface area contributed by atoms with Gasteiger partial charge in [-0.05, 0) is 17.5 Å². The summed E-state index contributed by atoms with van der Waals surface area (Å²) in [6.45, 7) is 2.97. The SMILES string of the molecule is C[N+]1(CC(=O)NCCc2ccc([N+](=O)[O-])cc2)CCN(Cc2ccccc2)CC1=O.[Cl-]. The van der Waals surface area contributed by atoms with E-state index in [-0.39, 0.29) is 40.9 Å². The first-order valence-corrected chi connectivity index (χ1v) is 10.00. The summed E-state index contributed by atoms with van der Waals surface area (Å²) >= 11 is 0. The largest absolute Gasteiger partial charge is 1.00 e. The summed E-state index contributed by atoms with van der Waals surface area (Å²) in [7, 11) is 1.82. The maximum Gasteiger partial charge on any atom is 0.328 e. The smallest absolute Gasteiger partial charge is 0.328 e. The number of likely N-dealkylation sites (N-methyl/N-ethyl adjacent to an activating group) is 1. The molecule has 2 amide bonds. The Hall–Kier alpha value is -2.81. The molecule has 1 aliphatic heterocycles. The quantitative estimate of drug-likeness (QED) is 0.310. The van der Waals surface area contributed by atoms with Crippen LogP contribution in [0.25, 0.3) is 0 Å². The van der Waals surface area contributed by atoms with E-state index in [9.17, 15) is 19.7 Å². The number of nitrogens with zero attached hydrogens (tertiary/aromatic N) is 3. The van der Waals surface area contributed by atoms with Crippen molar-refractivity contribution in [1.29, 1.82) is 0 Å². The summed E-state index contributed by atoms with van der Waals surface area (Å²) in [6, 6.07) is 16.3. The molecular formula is C22H27ClN4O4. The number of halogens is 1. The highest BCUT2D eigenvalue weighted by Gasteiger charge is 2.39. The topological polar surface area (TPSA) is 92.5 Å². The fourth-order valence-electron chi connectivity index (χ4n) is 3.58. The van der Waals surface area contributed by atoms with Gasteiger partial charge < -0.3 is 17.7 Å². The van der Waals surface area contributed by atoms with Crippen LogP contribution in [0.5, 0.6) is 0 Å². The van der Waals surface area contributed by atoms with Crippen LogP contribution in [0.1, 0.15) is 11.1 Å². The van der Waals surface area contributed by atoms with Crippen LogP contribution in [0.15, 0.2) is 54.6 Å². The van der Waals surface area contributed by atoms with Crippen molar-refractivity contribution in [3.05, 3.63) is 75.8 Å². The molecule has 166 valence electrons. The monoisotopic (exact) mass is 446 g/mol. The highest BCUT2D eigenvalue weighted by atomic mass is 35.5. The molecule has 1 aliphatic rings. The van der Waals surface area contributed by atoms with E-state index in [1.807, 2.05) is 37.4 Å². The third-order valence-electron chi connectivity index (χ3n) is 5.50. The van der Waals surface area contributed by atoms with Gasteiger partial charge in [-0.2, -0.15) is 0 Å². The molecule has 31 heavy (non-hydrogen) atoms. The van der Waals surface area contributed by atoms with Gasteiger partial charge in [-0.3, -0.25) is 24.3 Å². The van der Waals surface area contributed by atoms with Crippen LogP contribution in [0.3, 0.4) is 0 Å². The van der Waals surface area contributed by atoms with E-state index >= 15 is 0 Å². The number of carbonyl (C=O) groups is 2. The Balaban J connectivity index is 0.00000341. The molecule has 0 aromatic heterocycles. The molecule has 3 rings (SSSR count). The third-order valence-corrected chi connectivity index (χ3v) is 5.50. The summed E-state index contributed by atoms with van der Waals surface area (Å²) in [5.74, 6) is -0.119. The minimum Gasteiger partial charge on any atom is -1.00 e. The second kappa shape index (κ2) is 11.0. The number of nitrogens with one attached hydrogen (secondary N) is 1. The predicted octanol–water partition coefficient (Wildman–Crippen LogP) is -1.25. The van der Waals surface area contributed by atoms with Crippen LogP contribution < -0.4 is 17.7 Å². The number of carbonyl (C=O) groups excluding carboxylic acids is 2. The van der Waals surface area contributed by atoms with Gasteiger partial charge in [0, 0.05) is 31.8 Å². The van der Waals surface area contributed by atoms with Crippen molar-refractivity contribution in [3.63, 3.8) is 0 Å². The number of nitro benzene ring substituents is 1. The Morgan fingerprint density at radius 2 is 1.81 bits per heavy atom. The molecule has 1 N–H and O–H groups in total. The zero-order valence-electron chi connectivity index (χ0n) is 17.5. The zero-order chi connectivity index (χ0) is 21.6. The highest BCUT2D eigenvalue weighted by Crippen LogP contribution is 2.15. The molecule has 0 saturated carbocycles.